The van der Waals surface area contributed by atoms with Crippen LogP contribution < -0.4 is 14.2 Å². The van der Waals surface area contributed by atoms with Gasteiger partial charge in [0, 0.05) is 12.1 Å². The SMILES string of the molecule is COc1cc(/C=C/C(=O)O)cc(S(=O)(=O)Nc2ccc(F)cc2F)c1OC. The van der Waals surface area contributed by atoms with Gasteiger partial charge in [0.05, 0.1) is 19.9 Å². The zero-order valence-electron chi connectivity index (χ0n) is 14.2. The summed E-state index contributed by atoms with van der Waals surface area (Å²) in [5.41, 5.74) is -0.279. The van der Waals surface area contributed by atoms with Crippen LogP contribution in [0.15, 0.2) is 41.3 Å². The van der Waals surface area contributed by atoms with Gasteiger partial charge in [0.25, 0.3) is 10.0 Å². The lowest BCUT2D eigenvalue weighted by Gasteiger charge is -2.15. The van der Waals surface area contributed by atoms with E-state index in [-0.39, 0.29) is 17.1 Å². The average Bonchev–Trinajstić information content (AvgIpc) is 2.61. The van der Waals surface area contributed by atoms with E-state index in [1.807, 2.05) is 4.72 Å². The number of aliphatic carboxylic acids is 1. The molecule has 0 spiro atoms. The normalized spacial score (nSPS) is 11.4. The van der Waals surface area contributed by atoms with Crippen LogP contribution in [0, 0.1) is 11.6 Å². The molecule has 144 valence electrons. The lowest BCUT2D eigenvalue weighted by Crippen LogP contribution is -2.16. The summed E-state index contributed by atoms with van der Waals surface area (Å²) < 4.78 is 64.5. The van der Waals surface area contributed by atoms with Gasteiger partial charge < -0.3 is 14.6 Å². The van der Waals surface area contributed by atoms with Crippen molar-refractivity contribution in [2.24, 2.45) is 0 Å². The lowest BCUT2D eigenvalue weighted by molar-refractivity contribution is -0.131. The van der Waals surface area contributed by atoms with Gasteiger partial charge in [-0.2, -0.15) is 0 Å². The van der Waals surface area contributed by atoms with Crippen molar-refractivity contribution >= 4 is 27.8 Å². The number of halogens is 2. The predicted molar refractivity (Wildman–Crippen MR) is 93.4 cm³/mol. The molecule has 27 heavy (non-hydrogen) atoms. The molecule has 2 N–H and O–H groups in total. The summed E-state index contributed by atoms with van der Waals surface area (Å²) in [6.45, 7) is 0. The second kappa shape index (κ2) is 8.04. The minimum Gasteiger partial charge on any atom is -0.493 e. The van der Waals surface area contributed by atoms with Crippen LogP contribution in [-0.2, 0) is 14.8 Å². The molecule has 2 rings (SSSR count). The van der Waals surface area contributed by atoms with Crippen molar-refractivity contribution < 1.29 is 36.6 Å². The molecule has 0 amide bonds. The topological polar surface area (TPSA) is 102 Å². The van der Waals surface area contributed by atoms with E-state index in [9.17, 15) is 22.0 Å². The molecular formula is C17H15F2NO6S. The molecule has 0 fully saturated rings. The number of nitrogens with one attached hydrogen (secondary N) is 1. The Bertz CT molecular complexity index is 1000. The largest absolute Gasteiger partial charge is 0.493 e. The molecule has 0 aliphatic heterocycles. The first-order chi connectivity index (χ1) is 12.7. The third kappa shape index (κ3) is 4.73. The number of hydrogen-bond donors (Lipinski definition) is 2. The zero-order valence-corrected chi connectivity index (χ0v) is 15.0. The number of carboxylic acid groups (broad SMARTS) is 1. The highest BCUT2D eigenvalue weighted by molar-refractivity contribution is 7.92. The highest BCUT2D eigenvalue weighted by Crippen LogP contribution is 2.37. The number of anilines is 1. The van der Waals surface area contributed by atoms with E-state index < -0.39 is 38.2 Å². The molecule has 0 radical (unpaired) electrons. The van der Waals surface area contributed by atoms with Crippen LogP contribution >= 0.6 is 0 Å². The number of rotatable bonds is 7. The molecule has 0 atom stereocenters. The quantitative estimate of drug-likeness (QED) is 0.694. The minimum absolute atomic E-state index is 0.0185. The predicted octanol–water partition coefficient (Wildman–Crippen LogP) is 2.88. The molecule has 0 saturated carbocycles. The van der Waals surface area contributed by atoms with Crippen molar-refractivity contribution in [3.8, 4) is 11.5 Å². The second-order valence-electron chi connectivity index (χ2n) is 5.16. The molecular weight excluding hydrogens is 384 g/mol. The van der Waals surface area contributed by atoms with Crippen molar-refractivity contribution in [3.05, 3.63) is 53.6 Å². The molecule has 2 aromatic carbocycles. The molecule has 10 heteroatoms. The Balaban J connectivity index is 2.59. The molecule has 0 bridgehead atoms. The van der Waals surface area contributed by atoms with Crippen molar-refractivity contribution in [3.63, 3.8) is 0 Å². The van der Waals surface area contributed by atoms with Crippen molar-refractivity contribution in [2.75, 3.05) is 18.9 Å². The van der Waals surface area contributed by atoms with Crippen LogP contribution in [-0.4, -0.2) is 33.7 Å². The Morgan fingerprint density at radius 3 is 2.41 bits per heavy atom. The second-order valence-corrected chi connectivity index (χ2v) is 6.81. The van der Waals surface area contributed by atoms with Crippen LogP contribution in [0.3, 0.4) is 0 Å². The zero-order chi connectivity index (χ0) is 20.2. The summed E-state index contributed by atoms with van der Waals surface area (Å²) in [6, 6.07) is 4.85. The Morgan fingerprint density at radius 2 is 1.85 bits per heavy atom. The summed E-state index contributed by atoms with van der Waals surface area (Å²) in [5.74, 6) is -3.35. The van der Waals surface area contributed by atoms with E-state index in [1.54, 1.807) is 0 Å². The van der Waals surface area contributed by atoms with E-state index in [1.165, 1.54) is 20.3 Å². The Morgan fingerprint density at radius 1 is 1.15 bits per heavy atom. The molecule has 2 aromatic rings. The Labute approximate surface area is 153 Å². The van der Waals surface area contributed by atoms with E-state index in [2.05, 4.69) is 0 Å². The standard InChI is InChI=1S/C17H15F2NO6S/c1-25-14-7-10(3-6-16(21)22)8-15(17(14)26-2)27(23,24)20-13-5-4-11(18)9-12(13)19/h3-9,20H,1-2H3,(H,21,22)/b6-3+. The van der Waals surface area contributed by atoms with Crippen LogP contribution in [0.2, 0.25) is 0 Å². The van der Waals surface area contributed by atoms with Gasteiger partial charge in [0.15, 0.2) is 11.5 Å². The van der Waals surface area contributed by atoms with E-state index in [0.29, 0.717) is 6.07 Å². The fraction of sp³-hybridized carbons (Fsp3) is 0.118. The summed E-state index contributed by atoms with van der Waals surface area (Å²) in [4.78, 5) is 10.3. The first-order valence-corrected chi connectivity index (χ1v) is 8.81. The third-order valence-corrected chi connectivity index (χ3v) is 4.72. The smallest absolute Gasteiger partial charge is 0.328 e. The molecule has 7 nitrogen and oxygen atoms in total. The molecule has 0 aromatic heterocycles. The number of carboxylic acids is 1. The van der Waals surface area contributed by atoms with E-state index >= 15 is 0 Å². The lowest BCUT2D eigenvalue weighted by atomic mass is 10.2. The van der Waals surface area contributed by atoms with Crippen LogP contribution in [0.4, 0.5) is 14.5 Å². The molecule has 0 unspecified atom stereocenters. The molecule has 0 heterocycles. The van der Waals surface area contributed by atoms with Crippen LogP contribution in [0.25, 0.3) is 6.08 Å². The molecule has 0 aliphatic rings. The summed E-state index contributed by atoms with van der Waals surface area (Å²) in [5, 5.41) is 8.73. The third-order valence-electron chi connectivity index (χ3n) is 3.35. The fourth-order valence-corrected chi connectivity index (χ4v) is 3.47. The van der Waals surface area contributed by atoms with Gasteiger partial charge >= 0.3 is 5.97 Å². The van der Waals surface area contributed by atoms with Gasteiger partial charge in [-0.15, -0.1) is 0 Å². The number of hydrogen-bond acceptors (Lipinski definition) is 5. The maximum absolute atomic E-state index is 13.8. The highest BCUT2D eigenvalue weighted by Gasteiger charge is 2.25. The van der Waals surface area contributed by atoms with Crippen molar-refractivity contribution in [2.45, 2.75) is 4.90 Å². The summed E-state index contributed by atoms with van der Waals surface area (Å²) in [6.07, 6.45) is 1.96. The molecule has 0 aliphatic carbocycles. The van der Waals surface area contributed by atoms with Gasteiger partial charge in [-0.25, -0.2) is 22.0 Å². The maximum Gasteiger partial charge on any atom is 0.328 e. The monoisotopic (exact) mass is 399 g/mol. The number of methoxy groups -OCH3 is 2. The van der Waals surface area contributed by atoms with Crippen molar-refractivity contribution in [1.82, 2.24) is 0 Å². The van der Waals surface area contributed by atoms with Gasteiger partial charge in [-0.1, -0.05) is 0 Å². The summed E-state index contributed by atoms with van der Waals surface area (Å²) in [7, 11) is -1.90. The van der Waals surface area contributed by atoms with Crippen LogP contribution in [0.1, 0.15) is 5.56 Å². The average molecular weight is 399 g/mol. The number of ether oxygens (including phenoxy) is 2. The minimum atomic E-state index is -4.38. The first-order valence-electron chi connectivity index (χ1n) is 7.33. The maximum atomic E-state index is 13.8. The highest BCUT2D eigenvalue weighted by atomic mass is 32.2. The van der Waals surface area contributed by atoms with E-state index in [4.69, 9.17) is 14.6 Å². The van der Waals surface area contributed by atoms with Gasteiger partial charge in [0.1, 0.15) is 16.5 Å². The van der Waals surface area contributed by atoms with Crippen LogP contribution in [0.5, 0.6) is 11.5 Å². The van der Waals surface area contributed by atoms with Gasteiger partial charge in [-0.05, 0) is 35.9 Å². The summed E-state index contributed by atoms with van der Waals surface area (Å²) >= 11 is 0. The number of benzene rings is 2. The Kier molecular flexibility index (Phi) is 6.01. The van der Waals surface area contributed by atoms with E-state index in [0.717, 1.165) is 30.4 Å². The fourth-order valence-electron chi connectivity index (χ4n) is 2.19. The number of sulfonamides is 1. The van der Waals surface area contributed by atoms with Gasteiger partial charge in [-0.3, -0.25) is 4.72 Å². The van der Waals surface area contributed by atoms with Gasteiger partial charge in [0.2, 0.25) is 0 Å². The Hall–Kier alpha value is -3.14. The molecule has 0 saturated heterocycles. The first kappa shape index (κ1) is 20.2. The van der Waals surface area contributed by atoms with Crippen molar-refractivity contribution in [1.29, 1.82) is 0 Å². The number of carbonyl (C=O) groups is 1.